The number of rotatable bonds is 6. The van der Waals surface area contributed by atoms with Crippen molar-refractivity contribution in [1.82, 2.24) is 0 Å². The Morgan fingerprint density at radius 2 is 1.19 bits per heavy atom. The third kappa shape index (κ3) is 4.70. The van der Waals surface area contributed by atoms with Gasteiger partial charge in [-0.05, 0) is 19.0 Å². The molecule has 0 saturated carbocycles. The largest absolute Gasteiger partial charge is 0.457 e. The van der Waals surface area contributed by atoms with Crippen molar-refractivity contribution < 1.29 is 48.8 Å². The normalized spacial score (nSPS) is 14.8. The Hall–Kier alpha value is -0.570. The van der Waals surface area contributed by atoms with Crippen molar-refractivity contribution in [3.8, 4) is 0 Å². The first kappa shape index (κ1) is 20.4. The molecule has 0 radical (unpaired) electrons. The predicted octanol–water partition coefficient (Wildman–Crippen LogP) is 4.67. The summed E-state index contributed by atoms with van der Waals surface area (Å²) in [5, 5.41) is 0. The second-order valence-corrected chi connectivity index (χ2v) is 4.63. The van der Waals surface area contributed by atoms with Crippen LogP contribution in [0, 0.1) is 0 Å². The van der Waals surface area contributed by atoms with Gasteiger partial charge in [-0.25, -0.2) is 0 Å². The van der Waals surface area contributed by atoms with Crippen molar-refractivity contribution in [2.24, 2.45) is 0 Å². The molecule has 126 valence electrons. The Morgan fingerprint density at radius 3 is 1.48 bits per heavy atom. The van der Waals surface area contributed by atoms with Crippen LogP contribution in [0.15, 0.2) is 11.6 Å². The lowest BCUT2D eigenvalue weighted by Crippen LogP contribution is -2.50. The van der Waals surface area contributed by atoms with Gasteiger partial charge in [0.1, 0.15) is 0 Å². The molecule has 0 rings (SSSR count). The van der Waals surface area contributed by atoms with Crippen LogP contribution in [0.5, 0.6) is 0 Å². The smallest absolute Gasteiger partial charge is 0.377 e. The van der Waals surface area contributed by atoms with Gasteiger partial charge in [-0.2, -0.15) is 43.9 Å². The molecule has 0 aromatic heterocycles. The summed E-state index contributed by atoms with van der Waals surface area (Å²) < 4.78 is 124. The van der Waals surface area contributed by atoms with E-state index in [4.69, 9.17) is 4.89 Å². The van der Waals surface area contributed by atoms with Gasteiger partial charge >= 0.3 is 24.2 Å². The van der Waals surface area contributed by atoms with Gasteiger partial charge in [-0.3, -0.25) is 0 Å². The summed E-state index contributed by atoms with van der Waals surface area (Å²) in [5.41, 5.74) is -3.35. The average Bonchev–Trinajstić information content (AvgIpc) is 2.25. The number of unbranched alkanes of at least 4 members (excludes halogenated alkanes) is 1. The second-order valence-electron chi connectivity index (χ2n) is 3.81. The standard InChI is InChI=1S/C9H9F10OP/c10-6(11,8(14,15)16)5(3-1-2-4-21-20)7(12,13)9(17,18)19/h3,20-21H,1-2,4H2. The van der Waals surface area contributed by atoms with Gasteiger partial charge in [0, 0.05) is 8.81 Å². The molecule has 1 N–H and O–H groups in total. The van der Waals surface area contributed by atoms with Crippen molar-refractivity contribution in [3.05, 3.63) is 11.6 Å². The van der Waals surface area contributed by atoms with Gasteiger partial charge in [0.15, 0.2) is 0 Å². The molecule has 0 aromatic carbocycles. The maximum atomic E-state index is 12.9. The molecule has 0 aromatic rings. The molecular formula is C9H9F10OP. The molecule has 0 aliphatic carbocycles. The molecule has 0 aliphatic rings. The minimum atomic E-state index is -6.59. The highest BCUT2D eigenvalue weighted by molar-refractivity contribution is 7.31. The number of hydrogen-bond acceptors (Lipinski definition) is 1. The molecule has 1 nitrogen and oxygen atoms in total. The van der Waals surface area contributed by atoms with Crippen LogP contribution in [-0.4, -0.2) is 35.3 Å². The van der Waals surface area contributed by atoms with Gasteiger partial charge in [0.2, 0.25) is 0 Å². The van der Waals surface area contributed by atoms with E-state index >= 15 is 0 Å². The molecule has 0 fully saturated rings. The average molecular weight is 354 g/mol. The molecule has 1 unspecified atom stereocenters. The zero-order valence-corrected chi connectivity index (χ0v) is 10.9. The Balaban J connectivity index is 5.71. The van der Waals surface area contributed by atoms with E-state index < -0.39 is 51.1 Å². The molecule has 0 heterocycles. The molecule has 21 heavy (non-hydrogen) atoms. The third-order valence-corrected chi connectivity index (χ3v) is 2.81. The number of allylic oxidation sites excluding steroid dienone is 2. The van der Waals surface area contributed by atoms with Crippen LogP contribution in [0.4, 0.5) is 43.9 Å². The van der Waals surface area contributed by atoms with Gasteiger partial charge in [-0.1, -0.05) is 6.08 Å². The highest BCUT2D eigenvalue weighted by Crippen LogP contribution is 2.52. The zero-order chi connectivity index (χ0) is 17.1. The number of alkyl halides is 10. The highest BCUT2D eigenvalue weighted by Gasteiger charge is 2.72. The Bertz CT molecular complexity index is 342. The van der Waals surface area contributed by atoms with E-state index in [1.165, 1.54) is 0 Å². The van der Waals surface area contributed by atoms with Crippen LogP contribution in [0.2, 0.25) is 0 Å². The Morgan fingerprint density at radius 1 is 0.810 bits per heavy atom. The monoisotopic (exact) mass is 354 g/mol. The van der Waals surface area contributed by atoms with Gasteiger partial charge in [0.25, 0.3) is 0 Å². The summed E-state index contributed by atoms with van der Waals surface area (Å²) in [6, 6.07) is 0. The first-order valence-corrected chi connectivity index (χ1v) is 6.32. The van der Waals surface area contributed by atoms with Crippen molar-refractivity contribution in [2.75, 3.05) is 6.16 Å². The fraction of sp³-hybridized carbons (Fsp3) is 0.778. The summed E-state index contributed by atoms with van der Waals surface area (Å²) >= 11 is 0. The molecule has 0 bridgehead atoms. The molecular weight excluding hydrogens is 345 g/mol. The third-order valence-electron chi connectivity index (χ3n) is 2.23. The highest BCUT2D eigenvalue weighted by atomic mass is 31.1. The molecule has 0 aliphatic heterocycles. The van der Waals surface area contributed by atoms with Crippen molar-refractivity contribution in [2.45, 2.75) is 37.0 Å². The summed E-state index contributed by atoms with van der Waals surface area (Å²) in [5.74, 6) is -12.7. The van der Waals surface area contributed by atoms with Crippen LogP contribution in [0.3, 0.4) is 0 Å². The summed E-state index contributed by atoms with van der Waals surface area (Å²) in [6.07, 6.45) is -15.0. The summed E-state index contributed by atoms with van der Waals surface area (Å²) in [4.78, 5) is 8.36. The molecule has 0 saturated heterocycles. The van der Waals surface area contributed by atoms with Crippen LogP contribution in [0.1, 0.15) is 12.8 Å². The van der Waals surface area contributed by atoms with Gasteiger partial charge in [0.05, 0.1) is 5.57 Å². The lowest BCUT2D eigenvalue weighted by Gasteiger charge is -2.29. The maximum absolute atomic E-state index is 12.9. The van der Waals surface area contributed by atoms with Crippen LogP contribution >= 0.6 is 8.81 Å². The van der Waals surface area contributed by atoms with Crippen molar-refractivity contribution >= 4 is 8.81 Å². The molecule has 1 atom stereocenters. The predicted molar refractivity (Wildman–Crippen MR) is 54.7 cm³/mol. The first-order valence-electron chi connectivity index (χ1n) is 5.16. The fourth-order valence-corrected chi connectivity index (χ4v) is 1.55. The lowest BCUT2D eigenvalue weighted by molar-refractivity contribution is -0.308. The topological polar surface area (TPSA) is 20.2 Å². The quantitative estimate of drug-likeness (QED) is 0.318. The van der Waals surface area contributed by atoms with Crippen LogP contribution in [0.25, 0.3) is 0 Å². The van der Waals surface area contributed by atoms with Crippen molar-refractivity contribution in [1.29, 1.82) is 0 Å². The Kier molecular flexibility index (Phi) is 6.50. The van der Waals surface area contributed by atoms with Gasteiger partial charge in [-0.15, -0.1) is 0 Å². The fourth-order valence-electron chi connectivity index (χ4n) is 1.19. The van der Waals surface area contributed by atoms with Crippen LogP contribution < -0.4 is 0 Å². The van der Waals surface area contributed by atoms with E-state index in [2.05, 4.69) is 0 Å². The number of hydrogen-bond donors (Lipinski definition) is 1. The SMILES string of the molecule is OPCCCC=C(C(F)(F)C(F)(F)F)C(F)(F)C(F)(F)F. The van der Waals surface area contributed by atoms with E-state index in [0.717, 1.165) is 0 Å². The summed E-state index contributed by atoms with van der Waals surface area (Å²) in [7, 11) is -0.736. The van der Waals surface area contributed by atoms with E-state index in [9.17, 15) is 43.9 Å². The number of halogens is 10. The Labute approximate surface area is 113 Å². The second kappa shape index (κ2) is 6.68. The summed E-state index contributed by atoms with van der Waals surface area (Å²) in [6.45, 7) is 0. The van der Waals surface area contributed by atoms with Crippen molar-refractivity contribution in [3.63, 3.8) is 0 Å². The van der Waals surface area contributed by atoms with Gasteiger partial charge < -0.3 is 4.89 Å². The zero-order valence-electron chi connectivity index (χ0n) is 9.93. The first-order chi connectivity index (χ1) is 9.19. The molecule has 0 amide bonds. The minimum Gasteiger partial charge on any atom is -0.377 e. The molecule has 0 spiro atoms. The lowest BCUT2D eigenvalue weighted by atomic mass is 9.98. The van der Waals surface area contributed by atoms with E-state index in [1.807, 2.05) is 0 Å². The van der Waals surface area contributed by atoms with E-state index in [-0.39, 0.29) is 12.6 Å². The van der Waals surface area contributed by atoms with E-state index in [1.54, 1.807) is 0 Å². The minimum absolute atomic E-state index is 0.126. The van der Waals surface area contributed by atoms with E-state index in [0.29, 0.717) is 0 Å². The maximum Gasteiger partial charge on any atom is 0.457 e. The van der Waals surface area contributed by atoms with Crippen LogP contribution in [-0.2, 0) is 0 Å². The molecule has 12 heteroatoms.